The van der Waals surface area contributed by atoms with Crippen LogP contribution >= 0.6 is 24.0 Å². The molecule has 3 nitrogen and oxygen atoms in total. The summed E-state index contributed by atoms with van der Waals surface area (Å²) in [7, 11) is 0. The third kappa shape index (κ3) is 5.02. The van der Waals surface area contributed by atoms with Crippen LogP contribution in [-0.4, -0.2) is 18.2 Å². The molecule has 1 aromatic carbocycles. The molecule has 0 aromatic heterocycles. The van der Waals surface area contributed by atoms with Gasteiger partial charge in [0.05, 0.1) is 6.61 Å². The van der Waals surface area contributed by atoms with Crippen molar-refractivity contribution in [2.24, 2.45) is 11.5 Å². The topological polar surface area (TPSA) is 61.3 Å². The van der Waals surface area contributed by atoms with Crippen molar-refractivity contribution in [2.45, 2.75) is 38.8 Å². The molecular formula is C13H22Cl2N2O. The number of benzene rings is 1. The monoisotopic (exact) mass is 292 g/mol. The van der Waals surface area contributed by atoms with Crippen molar-refractivity contribution >= 4 is 24.0 Å². The Morgan fingerprint density at radius 3 is 2.50 bits per heavy atom. The van der Waals surface area contributed by atoms with Gasteiger partial charge in [0.1, 0.15) is 5.75 Å². The van der Waals surface area contributed by atoms with E-state index in [0.717, 1.165) is 11.3 Å². The van der Waals surface area contributed by atoms with Crippen LogP contribution in [0.1, 0.15) is 26.3 Å². The van der Waals surface area contributed by atoms with Crippen molar-refractivity contribution in [3.05, 3.63) is 28.8 Å². The Morgan fingerprint density at radius 1 is 1.39 bits per heavy atom. The summed E-state index contributed by atoms with van der Waals surface area (Å²) in [6, 6.07) is 5.44. The molecule has 0 spiro atoms. The molecule has 1 aromatic rings. The Hall–Kier alpha value is -0.480. The Balaban J connectivity index is 0.00000289. The maximum atomic E-state index is 6.07. The molecule has 0 radical (unpaired) electrons. The van der Waals surface area contributed by atoms with Crippen LogP contribution in [0, 0.1) is 0 Å². The number of rotatable bonds is 5. The third-order valence-corrected chi connectivity index (χ3v) is 2.95. The zero-order chi connectivity index (χ0) is 13.1. The summed E-state index contributed by atoms with van der Waals surface area (Å²) < 4.78 is 5.55. The maximum Gasteiger partial charge on any atom is 0.122 e. The molecule has 0 aliphatic carbocycles. The lowest BCUT2D eigenvalue weighted by molar-refractivity contribution is 0.332. The smallest absolute Gasteiger partial charge is 0.122 e. The molecule has 1 unspecified atom stereocenters. The normalized spacial score (nSPS) is 12.8. The molecule has 0 aliphatic rings. The lowest BCUT2D eigenvalue weighted by Gasteiger charge is -2.27. The minimum absolute atomic E-state index is 0. The highest BCUT2D eigenvalue weighted by atomic mass is 35.5. The second-order valence-electron chi connectivity index (χ2n) is 4.82. The molecule has 0 saturated heterocycles. The van der Waals surface area contributed by atoms with E-state index in [4.69, 9.17) is 27.8 Å². The molecule has 1 rings (SSSR count). The van der Waals surface area contributed by atoms with E-state index in [1.165, 1.54) is 0 Å². The fraction of sp³-hybridized carbons (Fsp3) is 0.538. The largest absolute Gasteiger partial charge is 0.494 e. The van der Waals surface area contributed by atoms with Gasteiger partial charge in [0.15, 0.2) is 0 Å². The van der Waals surface area contributed by atoms with Gasteiger partial charge in [0.2, 0.25) is 0 Å². The van der Waals surface area contributed by atoms with Crippen LogP contribution in [0.4, 0.5) is 0 Å². The van der Waals surface area contributed by atoms with E-state index in [0.29, 0.717) is 18.1 Å². The van der Waals surface area contributed by atoms with Gasteiger partial charge in [0, 0.05) is 16.6 Å². The number of ether oxygens (including phenoxy) is 1. The minimum Gasteiger partial charge on any atom is -0.494 e. The summed E-state index contributed by atoms with van der Waals surface area (Å²) in [5.74, 6) is 0.830. The zero-order valence-electron chi connectivity index (χ0n) is 11.1. The Kier molecular flexibility index (Phi) is 7.00. The van der Waals surface area contributed by atoms with Gasteiger partial charge in [-0.1, -0.05) is 11.6 Å². The van der Waals surface area contributed by atoms with Crippen molar-refractivity contribution in [1.82, 2.24) is 0 Å². The second kappa shape index (κ2) is 7.19. The third-order valence-electron chi connectivity index (χ3n) is 2.72. The van der Waals surface area contributed by atoms with E-state index in [1.54, 1.807) is 0 Å². The van der Waals surface area contributed by atoms with Crippen molar-refractivity contribution < 1.29 is 4.74 Å². The van der Waals surface area contributed by atoms with Crippen LogP contribution in [0.3, 0.4) is 0 Å². The summed E-state index contributed by atoms with van der Waals surface area (Å²) in [5, 5.41) is 0.686. The first-order chi connectivity index (χ1) is 7.84. The van der Waals surface area contributed by atoms with Crippen LogP contribution in [0.25, 0.3) is 0 Å². The number of nitrogens with two attached hydrogens (primary N) is 2. The van der Waals surface area contributed by atoms with Crippen LogP contribution in [-0.2, 0) is 6.42 Å². The van der Waals surface area contributed by atoms with Crippen molar-refractivity contribution in [2.75, 3.05) is 6.61 Å². The molecule has 104 valence electrons. The fourth-order valence-corrected chi connectivity index (χ4v) is 1.70. The van der Waals surface area contributed by atoms with E-state index >= 15 is 0 Å². The van der Waals surface area contributed by atoms with Crippen LogP contribution in [0.2, 0.25) is 5.02 Å². The van der Waals surface area contributed by atoms with E-state index in [1.807, 2.05) is 39.0 Å². The lowest BCUT2D eigenvalue weighted by Crippen LogP contribution is -2.51. The molecule has 1 atom stereocenters. The molecular weight excluding hydrogens is 271 g/mol. The predicted octanol–water partition coefficient (Wildman–Crippen LogP) is 2.77. The van der Waals surface area contributed by atoms with E-state index in [-0.39, 0.29) is 18.4 Å². The highest BCUT2D eigenvalue weighted by Crippen LogP contribution is 2.25. The minimum atomic E-state index is -0.425. The summed E-state index contributed by atoms with van der Waals surface area (Å²) >= 11 is 5.99. The molecule has 18 heavy (non-hydrogen) atoms. The van der Waals surface area contributed by atoms with Gasteiger partial charge in [-0.3, -0.25) is 0 Å². The SMILES string of the molecule is CCOc1ccc(Cl)cc1CC(N)C(C)(C)N.Cl. The molecule has 0 aliphatic heterocycles. The Bertz CT molecular complexity index is 378. The maximum absolute atomic E-state index is 6.07. The van der Waals surface area contributed by atoms with E-state index in [9.17, 15) is 0 Å². The van der Waals surface area contributed by atoms with E-state index < -0.39 is 5.54 Å². The average Bonchev–Trinajstić information content (AvgIpc) is 2.21. The molecule has 0 amide bonds. The van der Waals surface area contributed by atoms with Gasteiger partial charge < -0.3 is 16.2 Å². The Morgan fingerprint density at radius 2 is 2.00 bits per heavy atom. The van der Waals surface area contributed by atoms with Gasteiger partial charge >= 0.3 is 0 Å². The highest BCUT2D eigenvalue weighted by molar-refractivity contribution is 6.30. The molecule has 0 fully saturated rings. The summed E-state index contributed by atoms with van der Waals surface area (Å²) in [5.41, 5.74) is 12.6. The molecule has 4 N–H and O–H groups in total. The zero-order valence-corrected chi connectivity index (χ0v) is 12.6. The van der Waals surface area contributed by atoms with Gasteiger partial charge in [0.25, 0.3) is 0 Å². The fourth-order valence-electron chi connectivity index (χ4n) is 1.50. The lowest BCUT2D eigenvalue weighted by atomic mass is 9.91. The molecule has 0 bridgehead atoms. The molecule has 5 heteroatoms. The molecule has 0 saturated carbocycles. The first-order valence-corrected chi connectivity index (χ1v) is 6.18. The van der Waals surface area contributed by atoms with Crippen molar-refractivity contribution in [3.8, 4) is 5.75 Å². The number of hydrogen-bond acceptors (Lipinski definition) is 3. The second-order valence-corrected chi connectivity index (χ2v) is 5.25. The Labute approximate surface area is 120 Å². The van der Waals surface area contributed by atoms with Crippen LogP contribution in [0.15, 0.2) is 18.2 Å². The van der Waals surface area contributed by atoms with Crippen molar-refractivity contribution in [1.29, 1.82) is 0 Å². The van der Waals surface area contributed by atoms with Crippen LogP contribution in [0.5, 0.6) is 5.75 Å². The van der Waals surface area contributed by atoms with Gasteiger partial charge in [-0.25, -0.2) is 0 Å². The van der Waals surface area contributed by atoms with Gasteiger partial charge in [-0.2, -0.15) is 0 Å². The standard InChI is InChI=1S/C13H21ClN2O.ClH/c1-4-17-11-6-5-10(14)7-9(11)8-12(15)13(2,3)16;/h5-7,12H,4,8,15-16H2,1-3H3;1H. The van der Waals surface area contributed by atoms with Gasteiger partial charge in [-0.15, -0.1) is 12.4 Å². The number of halogens is 2. The summed E-state index contributed by atoms with van der Waals surface area (Å²) in [6.07, 6.45) is 0.652. The quantitative estimate of drug-likeness (QED) is 0.877. The number of hydrogen-bond donors (Lipinski definition) is 2. The predicted molar refractivity (Wildman–Crippen MR) is 79.8 cm³/mol. The highest BCUT2D eigenvalue weighted by Gasteiger charge is 2.22. The summed E-state index contributed by atoms with van der Waals surface area (Å²) in [4.78, 5) is 0. The van der Waals surface area contributed by atoms with Crippen molar-refractivity contribution in [3.63, 3.8) is 0 Å². The van der Waals surface area contributed by atoms with Crippen LogP contribution < -0.4 is 16.2 Å². The average molecular weight is 293 g/mol. The molecule has 0 heterocycles. The van der Waals surface area contributed by atoms with E-state index in [2.05, 4.69) is 0 Å². The first-order valence-electron chi connectivity index (χ1n) is 5.80. The van der Waals surface area contributed by atoms with Gasteiger partial charge in [-0.05, 0) is 51.0 Å². The summed E-state index contributed by atoms with van der Waals surface area (Å²) in [6.45, 7) is 6.41. The first kappa shape index (κ1) is 17.5.